The lowest BCUT2D eigenvalue weighted by molar-refractivity contribution is -0.167. The number of unbranched alkanes of at least 4 members (excludes halogenated alkanes) is 29. The Kier molecular flexibility index (Phi) is 56.3. The molecule has 0 spiro atoms. The molecule has 0 radical (unpaired) electrons. The van der Waals surface area contributed by atoms with Gasteiger partial charge in [-0.2, -0.15) is 0 Å². The highest BCUT2D eigenvalue weighted by molar-refractivity contribution is 5.71. The molecular formula is C65H112O6. The summed E-state index contributed by atoms with van der Waals surface area (Å²) in [5, 5.41) is 0. The Bertz CT molecular complexity index is 1370. The highest BCUT2D eigenvalue weighted by Gasteiger charge is 2.19. The largest absolute Gasteiger partial charge is 0.462 e. The summed E-state index contributed by atoms with van der Waals surface area (Å²) < 4.78 is 16.7. The zero-order chi connectivity index (χ0) is 51.4. The summed E-state index contributed by atoms with van der Waals surface area (Å²) in [4.78, 5) is 37.9. The van der Waals surface area contributed by atoms with Crippen LogP contribution in [-0.4, -0.2) is 37.2 Å². The Morgan fingerprint density at radius 1 is 0.296 bits per heavy atom. The molecule has 0 aliphatic carbocycles. The van der Waals surface area contributed by atoms with Gasteiger partial charge in [0.1, 0.15) is 13.2 Å². The summed E-state index contributed by atoms with van der Waals surface area (Å²) in [5.41, 5.74) is 0. The van der Waals surface area contributed by atoms with Gasteiger partial charge in [0, 0.05) is 19.3 Å². The normalized spacial score (nSPS) is 12.7. The molecular weight excluding hydrogens is 877 g/mol. The van der Waals surface area contributed by atoms with E-state index in [1.165, 1.54) is 141 Å². The summed E-state index contributed by atoms with van der Waals surface area (Å²) in [7, 11) is 0. The smallest absolute Gasteiger partial charge is 0.306 e. The summed E-state index contributed by atoms with van der Waals surface area (Å²) in [6, 6.07) is 0. The molecule has 0 aromatic carbocycles. The second kappa shape index (κ2) is 59.2. The van der Waals surface area contributed by atoms with E-state index in [4.69, 9.17) is 14.2 Å². The third-order valence-electron chi connectivity index (χ3n) is 12.9. The van der Waals surface area contributed by atoms with E-state index in [0.29, 0.717) is 19.3 Å². The number of ether oxygens (including phenoxy) is 3. The Hall–Kier alpha value is -3.41. The van der Waals surface area contributed by atoms with Crippen LogP contribution in [0.4, 0.5) is 0 Å². The van der Waals surface area contributed by atoms with Crippen molar-refractivity contribution in [2.45, 2.75) is 297 Å². The molecule has 408 valence electrons. The maximum Gasteiger partial charge on any atom is 0.306 e. The van der Waals surface area contributed by atoms with Crippen molar-refractivity contribution in [3.63, 3.8) is 0 Å². The quantitative estimate of drug-likeness (QED) is 0.0261. The number of hydrogen-bond donors (Lipinski definition) is 0. The number of carbonyl (C=O) groups excluding carboxylic acids is 3. The van der Waals surface area contributed by atoms with Crippen molar-refractivity contribution >= 4 is 17.9 Å². The average Bonchev–Trinajstić information content (AvgIpc) is 3.37. The number of carbonyl (C=O) groups is 3. The zero-order valence-corrected chi connectivity index (χ0v) is 46.7. The molecule has 6 nitrogen and oxygen atoms in total. The second-order valence-corrected chi connectivity index (χ2v) is 19.9. The first-order chi connectivity index (χ1) is 35.0. The van der Waals surface area contributed by atoms with Crippen LogP contribution in [-0.2, 0) is 28.6 Å². The van der Waals surface area contributed by atoms with Gasteiger partial charge in [-0.1, -0.05) is 260 Å². The minimum absolute atomic E-state index is 0.0789. The van der Waals surface area contributed by atoms with Gasteiger partial charge in [0.05, 0.1) is 0 Å². The van der Waals surface area contributed by atoms with Crippen molar-refractivity contribution in [1.29, 1.82) is 0 Å². The summed E-state index contributed by atoms with van der Waals surface area (Å²) in [6.07, 6.45) is 77.7. The maximum atomic E-state index is 12.8. The highest BCUT2D eigenvalue weighted by atomic mass is 16.6. The van der Waals surface area contributed by atoms with Crippen molar-refractivity contribution in [3.8, 4) is 0 Å². The molecule has 0 aliphatic heterocycles. The van der Waals surface area contributed by atoms with Gasteiger partial charge in [-0.05, 0) is 96.3 Å². The summed E-state index contributed by atoms with van der Waals surface area (Å²) in [6.45, 7) is 6.44. The third kappa shape index (κ3) is 57.4. The lowest BCUT2D eigenvalue weighted by Crippen LogP contribution is -2.30. The van der Waals surface area contributed by atoms with Crippen molar-refractivity contribution < 1.29 is 28.6 Å². The van der Waals surface area contributed by atoms with Crippen molar-refractivity contribution in [2.75, 3.05) is 13.2 Å². The zero-order valence-electron chi connectivity index (χ0n) is 46.7. The fourth-order valence-corrected chi connectivity index (χ4v) is 8.38. The lowest BCUT2D eigenvalue weighted by Gasteiger charge is -2.18. The fourth-order valence-electron chi connectivity index (χ4n) is 8.38. The molecule has 0 bridgehead atoms. The lowest BCUT2D eigenvalue weighted by atomic mass is 10.0. The SMILES string of the molecule is CC/C=C\C/C=C\C/C=C\C/C=C\C/C=C\CCCCCCCCCCCC(=O)OCC(COC(=O)CCCCCCC)OC(=O)CCCCCCCCCCCCC/C=C\C/C=C\CCCCCCC. The van der Waals surface area contributed by atoms with Gasteiger partial charge in [-0.3, -0.25) is 14.4 Å². The summed E-state index contributed by atoms with van der Waals surface area (Å²) >= 11 is 0. The molecule has 71 heavy (non-hydrogen) atoms. The van der Waals surface area contributed by atoms with Gasteiger partial charge in [0.15, 0.2) is 6.10 Å². The van der Waals surface area contributed by atoms with E-state index in [2.05, 4.69) is 106 Å². The Balaban J connectivity index is 4.09. The van der Waals surface area contributed by atoms with Crippen LogP contribution in [0, 0.1) is 0 Å². The Morgan fingerprint density at radius 2 is 0.549 bits per heavy atom. The van der Waals surface area contributed by atoms with Crippen molar-refractivity contribution in [3.05, 3.63) is 85.1 Å². The first-order valence-corrected chi connectivity index (χ1v) is 30.1. The number of hydrogen-bond acceptors (Lipinski definition) is 6. The minimum Gasteiger partial charge on any atom is -0.462 e. The molecule has 0 aromatic heterocycles. The molecule has 0 saturated heterocycles. The maximum absolute atomic E-state index is 12.8. The molecule has 0 aromatic rings. The first kappa shape index (κ1) is 67.6. The van der Waals surface area contributed by atoms with Crippen molar-refractivity contribution in [2.24, 2.45) is 0 Å². The highest BCUT2D eigenvalue weighted by Crippen LogP contribution is 2.16. The second-order valence-electron chi connectivity index (χ2n) is 19.9. The van der Waals surface area contributed by atoms with Gasteiger partial charge in [-0.15, -0.1) is 0 Å². The van der Waals surface area contributed by atoms with E-state index in [1.54, 1.807) is 0 Å². The topological polar surface area (TPSA) is 78.9 Å². The molecule has 1 atom stereocenters. The van der Waals surface area contributed by atoms with Crippen LogP contribution in [0.15, 0.2) is 85.1 Å². The van der Waals surface area contributed by atoms with Crippen LogP contribution in [0.2, 0.25) is 0 Å². The Labute approximate surface area is 439 Å². The molecule has 0 rings (SSSR count). The standard InChI is InChI=1S/C65H112O6/c1-4-7-10-13-15-17-19-21-23-25-27-29-31-32-34-35-37-39-41-43-45-47-49-52-55-58-64(67)70-61-62(60-69-63(66)57-54-51-12-9-6-3)71-65(68)59-56-53-50-48-46-44-42-40-38-36-33-30-28-26-24-22-20-18-16-14-11-8-5-2/h7,10,15,17,20-23,26-29,32,34,62H,4-6,8-9,11-14,16,18-19,24-25,30-31,33,35-61H2,1-3H3/b10-7-,17-15-,22-20-,23-21-,28-26-,29-27-,34-32-. The van der Waals surface area contributed by atoms with E-state index < -0.39 is 6.10 Å². The molecule has 0 amide bonds. The van der Waals surface area contributed by atoms with E-state index in [1.807, 2.05) is 0 Å². The van der Waals surface area contributed by atoms with Crippen LogP contribution >= 0.6 is 0 Å². The molecule has 0 N–H and O–H groups in total. The average molecular weight is 990 g/mol. The molecule has 0 heterocycles. The molecule has 6 heteroatoms. The van der Waals surface area contributed by atoms with E-state index >= 15 is 0 Å². The predicted molar refractivity (Wildman–Crippen MR) is 307 cm³/mol. The van der Waals surface area contributed by atoms with Gasteiger partial charge >= 0.3 is 17.9 Å². The molecule has 0 fully saturated rings. The van der Waals surface area contributed by atoms with Crippen molar-refractivity contribution in [1.82, 2.24) is 0 Å². The number of esters is 3. The van der Waals surface area contributed by atoms with Gasteiger partial charge in [-0.25, -0.2) is 0 Å². The van der Waals surface area contributed by atoms with Gasteiger partial charge in [0.2, 0.25) is 0 Å². The van der Waals surface area contributed by atoms with Crippen LogP contribution in [0.5, 0.6) is 0 Å². The van der Waals surface area contributed by atoms with Crippen LogP contribution in [0.25, 0.3) is 0 Å². The summed E-state index contributed by atoms with van der Waals surface area (Å²) in [5.74, 6) is -0.894. The number of rotatable bonds is 54. The monoisotopic (exact) mass is 989 g/mol. The van der Waals surface area contributed by atoms with Crippen LogP contribution < -0.4 is 0 Å². The molecule has 0 saturated carbocycles. The fraction of sp³-hybridized carbons (Fsp3) is 0.738. The minimum atomic E-state index is -0.777. The number of allylic oxidation sites excluding steroid dienone is 14. The van der Waals surface area contributed by atoms with Gasteiger partial charge < -0.3 is 14.2 Å². The van der Waals surface area contributed by atoms with Gasteiger partial charge in [0.25, 0.3) is 0 Å². The van der Waals surface area contributed by atoms with Crippen LogP contribution in [0.3, 0.4) is 0 Å². The Morgan fingerprint density at radius 3 is 0.859 bits per heavy atom. The van der Waals surface area contributed by atoms with E-state index in [9.17, 15) is 14.4 Å². The van der Waals surface area contributed by atoms with Crippen LogP contribution in [0.1, 0.15) is 290 Å². The first-order valence-electron chi connectivity index (χ1n) is 30.1. The predicted octanol–water partition coefficient (Wildman–Crippen LogP) is 20.3. The third-order valence-corrected chi connectivity index (χ3v) is 12.9. The molecule has 0 aliphatic rings. The molecule has 1 unspecified atom stereocenters. The van der Waals surface area contributed by atoms with E-state index in [-0.39, 0.29) is 31.1 Å². The van der Waals surface area contributed by atoms with E-state index in [0.717, 1.165) is 109 Å².